The van der Waals surface area contributed by atoms with Crippen molar-refractivity contribution in [3.05, 3.63) is 60.2 Å². The van der Waals surface area contributed by atoms with E-state index in [0.717, 1.165) is 11.3 Å². The average molecular weight is 369 g/mol. The number of carbonyl (C=O) groups excluding carboxylic acids is 2. The number of nitrogens with one attached hydrogen (secondary N) is 3. The average Bonchev–Trinajstić information content (AvgIpc) is 2.65. The number of hydrogen-bond acceptors (Lipinski definition) is 4. The Labute approximate surface area is 160 Å². The first-order valence-electron chi connectivity index (χ1n) is 8.96. The van der Waals surface area contributed by atoms with Gasteiger partial charge in [0, 0.05) is 24.5 Å². The minimum atomic E-state index is -0.546. The maximum atomic E-state index is 12.7. The fraction of sp³-hybridized carbons (Fsp3) is 0.333. The summed E-state index contributed by atoms with van der Waals surface area (Å²) >= 11 is 0. The molecule has 0 fully saturated rings. The Morgan fingerprint density at radius 3 is 2.19 bits per heavy atom. The lowest BCUT2D eigenvalue weighted by Crippen LogP contribution is -2.37. The molecule has 2 aromatic carbocycles. The predicted molar refractivity (Wildman–Crippen MR) is 108 cm³/mol. The molecule has 6 nitrogen and oxygen atoms in total. The number of rotatable bonds is 8. The summed E-state index contributed by atoms with van der Waals surface area (Å²) in [6, 6.07) is 16.3. The molecule has 0 aliphatic rings. The molecule has 0 saturated heterocycles. The summed E-state index contributed by atoms with van der Waals surface area (Å²) in [6.07, 6.45) is -0.546. The highest BCUT2D eigenvalue weighted by Gasteiger charge is 2.21. The Bertz CT molecular complexity index is 762. The van der Waals surface area contributed by atoms with Crippen molar-refractivity contribution in [2.45, 2.75) is 39.0 Å². The highest BCUT2D eigenvalue weighted by molar-refractivity contribution is 5.94. The van der Waals surface area contributed by atoms with Crippen LogP contribution in [-0.2, 0) is 14.3 Å². The molecule has 0 radical (unpaired) electrons. The third-order valence-corrected chi connectivity index (χ3v) is 3.99. The smallest absolute Gasteiger partial charge is 0.253 e. The molecule has 2 rings (SSSR count). The normalized spacial score (nSPS) is 12.9. The van der Waals surface area contributed by atoms with E-state index in [9.17, 15) is 9.59 Å². The van der Waals surface area contributed by atoms with E-state index in [4.69, 9.17) is 4.74 Å². The number of ether oxygens (including phenoxy) is 1. The van der Waals surface area contributed by atoms with Crippen molar-refractivity contribution in [3.63, 3.8) is 0 Å². The van der Waals surface area contributed by atoms with Gasteiger partial charge in [0.25, 0.3) is 5.91 Å². The standard InChI is InChI=1S/C21H27N3O3/c1-14(2)22-21(26)19(16-9-6-5-7-10-16)23-17-11-8-12-18(13-17)24-20(25)15(3)27-4/h5-15,19,23H,1-4H3,(H,22,26)(H,24,25)/t15-,19+/m1/s1. The molecular formula is C21H27N3O3. The van der Waals surface area contributed by atoms with Gasteiger partial charge in [-0.05, 0) is 44.5 Å². The molecule has 0 bridgehead atoms. The summed E-state index contributed by atoms with van der Waals surface area (Å²) in [5, 5.41) is 9.01. The van der Waals surface area contributed by atoms with Gasteiger partial charge in [-0.2, -0.15) is 0 Å². The molecule has 0 aliphatic carbocycles. The Morgan fingerprint density at radius 2 is 1.56 bits per heavy atom. The minimum absolute atomic E-state index is 0.0340. The molecular weight excluding hydrogens is 342 g/mol. The van der Waals surface area contributed by atoms with Crippen LogP contribution in [0.25, 0.3) is 0 Å². The number of methoxy groups -OCH3 is 1. The lowest BCUT2D eigenvalue weighted by Gasteiger charge is -2.22. The van der Waals surface area contributed by atoms with E-state index in [-0.39, 0.29) is 17.9 Å². The van der Waals surface area contributed by atoms with E-state index in [2.05, 4.69) is 16.0 Å². The fourth-order valence-electron chi connectivity index (χ4n) is 2.52. The van der Waals surface area contributed by atoms with Crippen LogP contribution in [0.15, 0.2) is 54.6 Å². The van der Waals surface area contributed by atoms with Gasteiger partial charge in [0.2, 0.25) is 5.91 Å². The van der Waals surface area contributed by atoms with Gasteiger partial charge in [0.05, 0.1) is 0 Å². The maximum Gasteiger partial charge on any atom is 0.253 e. The van der Waals surface area contributed by atoms with E-state index in [1.165, 1.54) is 7.11 Å². The van der Waals surface area contributed by atoms with Crippen molar-refractivity contribution in [3.8, 4) is 0 Å². The Morgan fingerprint density at radius 1 is 0.889 bits per heavy atom. The number of anilines is 2. The zero-order chi connectivity index (χ0) is 19.8. The molecule has 0 heterocycles. The molecule has 3 N–H and O–H groups in total. The lowest BCUT2D eigenvalue weighted by atomic mass is 10.1. The number of carbonyl (C=O) groups is 2. The van der Waals surface area contributed by atoms with Crippen LogP contribution in [-0.4, -0.2) is 31.1 Å². The van der Waals surface area contributed by atoms with Crippen LogP contribution in [0.3, 0.4) is 0 Å². The highest BCUT2D eigenvalue weighted by Crippen LogP contribution is 2.23. The second-order valence-corrected chi connectivity index (χ2v) is 6.60. The van der Waals surface area contributed by atoms with Crippen LogP contribution in [0.1, 0.15) is 32.4 Å². The van der Waals surface area contributed by atoms with Crippen LogP contribution in [0.5, 0.6) is 0 Å². The number of benzene rings is 2. The van der Waals surface area contributed by atoms with Crippen LogP contribution >= 0.6 is 0 Å². The van der Waals surface area contributed by atoms with Gasteiger partial charge in [0.1, 0.15) is 12.1 Å². The second-order valence-electron chi connectivity index (χ2n) is 6.60. The maximum absolute atomic E-state index is 12.7. The van der Waals surface area contributed by atoms with Crippen molar-refractivity contribution in [1.82, 2.24) is 5.32 Å². The first-order chi connectivity index (χ1) is 12.9. The first-order valence-corrected chi connectivity index (χ1v) is 8.96. The molecule has 27 heavy (non-hydrogen) atoms. The molecule has 2 atom stereocenters. The summed E-state index contributed by atoms with van der Waals surface area (Å²) in [6.45, 7) is 5.53. The lowest BCUT2D eigenvalue weighted by molar-refractivity contribution is -0.124. The van der Waals surface area contributed by atoms with Gasteiger partial charge < -0.3 is 20.7 Å². The first kappa shape index (κ1) is 20.5. The number of hydrogen-bond donors (Lipinski definition) is 3. The van der Waals surface area contributed by atoms with Crippen LogP contribution in [0.4, 0.5) is 11.4 Å². The quantitative estimate of drug-likeness (QED) is 0.667. The molecule has 0 aromatic heterocycles. The predicted octanol–water partition coefficient (Wildman–Crippen LogP) is 3.34. The van der Waals surface area contributed by atoms with E-state index in [0.29, 0.717) is 5.69 Å². The monoisotopic (exact) mass is 369 g/mol. The molecule has 2 aromatic rings. The van der Waals surface area contributed by atoms with Crippen molar-refractivity contribution in [2.75, 3.05) is 17.7 Å². The SMILES string of the molecule is CO[C@H](C)C(=O)Nc1cccc(N[C@H](C(=O)NC(C)C)c2ccccc2)c1. The van der Waals surface area contributed by atoms with Gasteiger partial charge in [-0.15, -0.1) is 0 Å². The van der Waals surface area contributed by atoms with Gasteiger partial charge in [0.15, 0.2) is 0 Å². The molecule has 2 amide bonds. The van der Waals surface area contributed by atoms with Crippen molar-refractivity contribution >= 4 is 23.2 Å². The van der Waals surface area contributed by atoms with E-state index < -0.39 is 12.1 Å². The van der Waals surface area contributed by atoms with Crippen LogP contribution in [0, 0.1) is 0 Å². The summed E-state index contributed by atoms with van der Waals surface area (Å²) in [7, 11) is 1.49. The van der Waals surface area contributed by atoms with E-state index >= 15 is 0 Å². The Hall–Kier alpha value is -2.86. The van der Waals surface area contributed by atoms with E-state index in [1.54, 1.807) is 19.1 Å². The van der Waals surface area contributed by atoms with Gasteiger partial charge >= 0.3 is 0 Å². The van der Waals surface area contributed by atoms with E-state index in [1.807, 2.05) is 56.3 Å². The third-order valence-electron chi connectivity index (χ3n) is 3.99. The molecule has 0 saturated carbocycles. The molecule has 0 unspecified atom stereocenters. The second kappa shape index (κ2) is 9.73. The molecule has 6 heteroatoms. The highest BCUT2D eigenvalue weighted by atomic mass is 16.5. The zero-order valence-corrected chi connectivity index (χ0v) is 16.2. The molecule has 0 spiro atoms. The Balaban J connectivity index is 2.21. The fourth-order valence-corrected chi connectivity index (χ4v) is 2.52. The van der Waals surface area contributed by atoms with Crippen LogP contribution in [0.2, 0.25) is 0 Å². The summed E-state index contributed by atoms with van der Waals surface area (Å²) in [4.78, 5) is 24.7. The third kappa shape index (κ3) is 6.11. The van der Waals surface area contributed by atoms with Gasteiger partial charge in [-0.25, -0.2) is 0 Å². The summed E-state index contributed by atoms with van der Waals surface area (Å²) in [5.74, 6) is -0.342. The van der Waals surface area contributed by atoms with Gasteiger partial charge in [-0.1, -0.05) is 36.4 Å². The van der Waals surface area contributed by atoms with Gasteiger partial charge in [-0.3, -0.25) is 9.59 Å². The largest absolute Gasteiger partial charge is 0.372 e. The summed E-state index contributed by atoms with van der Waals surface area (Å²) < 4.78 is 5.02. The topological polar surface area (TPSA) is 79.5 Å². The zero-order valence-electron chi connectivity index (χ0n) is 16.2. The van der Waals surface area contributed by atoms with Crippen molar-refractivity contribution in [1.29, 1.82) is 0 Å². The number of amides is 2. The summed E-state index contributed by atoms with van der Waals surface area (Å²) in [5.41, 5.74) is 2.22. The molecule has 144 valence electrons. The Kier molecular flexibility index (Phi) is 7.37. The van der Waals surface area contributed by atoms with Crippen molar-refractivity contribution < 1.29 is 14.3 Å². The van der Waals surface area contributed by atoms with Crippen molar-refractivity contribution in [2.24, 2.45) is 0 Å². The molecule has 0 aliphatic heterocycles. The van der Waals surface area contributed by atoms with Crippen LogP contribution < -0.4 is 16.0 Å². The minimum Gasteiger partial charge on any atom is -0.372 e.